The van der Waals surface area contributed by atoms with Gasteiger partial charge in [0.1, 0.15) is 19.0 Å². The zero-order valence-corrected chi connectivity index (χ0v) is 12.9. The highest BCUT2D eigenvalue weighted by Crippen LogP contribution is 2.31. The first-order chi connectivity index (χ1) is 10.6. The normalized spacial score (nSPS) is 12.8. The van der Waals surface area contributed by atoms with Gasteiger partial charge in [-0.15, -0.1) is 0 Å². The molecule has 3 rings (SSSR count). The van der Waals surface area contributed by atoms with Crippen LogP contribution in [0.1, 0.15) is 11.1 Å². The Bertz CT molecular complexity index is 712. The van der Waals surface area contributed by atoms with Gasteiger partial charge in [-0.3, -0.25) is 4.79 Å². The predicted octanol–water partition coefficient (Wildman–Crippen LogP) is 3.57. The van der Waals surface area contributed by atoms with E-state index in [1.807, 2.05) is 19.1 Å². The summed E-state index contributed by atoms with van der Waals surface area (Å²) in [4.78, 5) is 12.1. The summed E-state index contributed by atoms with van der Waals surface area (Å²) in [7, 11) is 0. The summed E-state index contributed by atoms with van der Waals surface area (Å²) >= 11 is 6.02. The van der Waals surface area contributed by atoms with Crippen molar-refractivity contribution in [3.05, 3.63) is 52.5 Å². The molecular weight excluding hydrogens is 304 g/mol. The summed E-state index contributed by atoms with van der Waals surface area (Å²) in [5.41, 5.74) is 1.78. The maximum atomic E-state index is 12.1. The number of aryl methyl sites for hydroxylation is 1. The first-order valence-corrected chi connectivity index (χ1v) is 7.35. The fraction of sp³-hybridized carbons (Fsp3) is 0.235. The number of fused-ring (bicyclic) bond motifs is 1. The molecule has 1 heterocycles. The molecule has 0 amide bonds. The van der Waals surface area contributed by atoms with E-state index in [9.17, 15) is 4.79 Å². The van der Waals surface area contributed by atoms with Crippen LogP contribution in [0, 0.1) is 6.92 Å². The number of ether oxygens (including phenoxy) is 3. The Morgan fingerprint density at radius 2 is 1.91 bits per heavy atom. The lowest BCUT2D eigenvalue weighted by Gasteiger charge is -2.18. The van der Waals surface area contributed by atoms with E-state index in [2.05, 4.69) is 0 Å². The minimum atomic E-state index is -0.371. The van der Waals surface area contributed by atoms with Crippen LogP contribution in [0.3, 0.4) is 0 Å². The zero-order valence-electron chi connectivity index (χ0n) is 12.1. The molecule has 114 valence electrons. The Morgan fingerprint density at radius 1 is 1.14 bits per heavy atom. The third-order valence-corrected chi connectivity index (χ3v) is 3.58. The van der Waals surface area contributed by atoms with Gasteiger partial charge in [-0.25, -0.2) is 0 Å². The summed E-state index contributed by atoms with van der Waals surface area (Å²) in [6.45, 7) is 2.97. The van der Waals surface area contributed by atoms with Crippen LogP contribution in [0.15, 0.2) is 36.4 Å². The molecule has 0 unspecified atom stereocenters. The minimum Gasteiger partial charge on any atom is -0.486 e. The van der Waals surface area contributed by atoms with E-state index in [-0.39, 0.29) is 12.4 Å². The smallest absolute Gasteiger partial charge is 0.315 e. The number of hydrogen-bond acceptors (Lipinski definition) is 4. The summed E-state index contributed by atoms with van der Waals surface area (Å²) in [6.07, 6.45) is 0.140. The van der Waals surface area contributed by atoms with Gasteiger partial charge >= 0.3 is 5.97 Å². The quantitative estimate of drug-likeness (QED) is 0.641. The van der Waals surface area contributed by atoms with Gasteiger partial charge in [0.05, 0.1) is 11.4 Å². The van der Waals surface area contributed by atoms with E-state index >= 15 is 0 Å². The summed E-state index contributed by atoms with van der Waals surface area (Å²) < 4.78 is 16.3. The van der Waals surface area contributed by atoms with Gasteiger partial charge in [0.2, 0.25) is 0 Å². The van der Waals surface area contributed by atoms with Crippen LogP contribution in [0.2, 0.25) is 5.02 Å². The zero-order chi connectivity index (χ0) is 15.5. The van der Waals surface area contributed by atoms with Crippen molar-refractivity contribution in [2.24, 2.45) is 0 Å². The van der Waals surface area contributed by atoms with Gasteiger partial charge in [0, 0.05) is 0 Å². The second kappa shape index (κ2) is 6.28. The van der Waals surface area contributed by atoms with Crippen LogP contribution in [0.25, 0.3) is 0 Å². The average Bonchev–Trinajstić information content (AvgIpc) is 2.51. The molecule has 1 aliphatic rings. The van der Waals surface area contributed by atoms with Crippen LogP contribution < -0.4 is 14.2 Å². The SMILES string of the molecule is Cc1ccc(Cl)c(OC(=O)Cc2ccc3c(c2)OCCO3)c1. The first kappa shape index (κ1) is 14.7. The van der Waals surface area contributed by atoms with Crippen molar-refractivity contribution in [2.75, 3.05) is 13.2 Å². The molecule has 0 N–H and O–H groups in total. The maximum Gasteiger partial charge on any atom is 0.315 e. The molecule has 2 aromatic carbocycles. The van der Waals surface area contributed by atoms with Gasteiger partial charge in [-0.05, 0) is 42.3 Å². The number of benzene rings is 2. The van der Waals surface area contributed by atoms with Crippen LogP contribution in [-0.2, 0) is 11.2 Å². The van der Waals surface area contributed by atoms with Crippen molar-refractivity contribution in [3.63, 3.8) is 0 Å². The molecule has 0 fully saturated rings. The molecule has 0 spiro atoms. The fourth-order valence-corrected chi connectivity index (χ4v) is 2.37. The van der Waals surface area contributed by atoms with Gasteiger partial charge in [-0.2, -0.15) is 0 Å². The number of esters is 1. The third kappa shape index (κ3) is 3.34. The van der Waals surface area contributed by atoms with Crippen molar-refractivity contribution in [2.45, 2.75) is 13.3 Å². The predicted molar refractivity (Wildman–Crippen MR) is 83.0 cm³/mol. The van der Waals surface area contributed by atoms with Gasteiger partial charge in [-0.1, -0.05) is 23.7 Å². The molecular formula is C17H15ClO4. The molecule has 0 saturated carbocycles. The first-order valence-electron chi connectivity index (χ1n) is 6.97. The van der Waals surface area contributed by atoms with E-state index in [0.29, 0.717) is 35.5 Å². The van der Waals surface area contributed by atoms with Crippen molar-refractivity contribution >= 4 is 17.6 Å². The molecule has 2 aromatic rings. The molecule has 0 atom stereocenters. The highest BCUT2D eigenvalue weighted by atomic mass is 35.5. The number of carbonyl (C=O) groups excluding carboxylic acids is 1. The van der Waals surface area contributed by atoms with E-state index in [1.165, 1.54) is 0 Å². The molecule has 0 aliphatic carbocycles. The second-order valence-corrected chi connectivity index (χ2v) is 5.47. The van der Waals surface area contributed by atoms with E-state index in [4.69, 9.17) is 25.8 Å². The molecule has 0 aromatic heterocycles. The molecule has 4 nitrogen and oxygen atoms in total. The van der Waals surface area contributed by atoms with Crippen LogP contribution in [0.4, 0.5) is 0 Å². The highest BCUT2D eigenvalue weighted by Gasteiger charge is 2.14. The Hall–Kier alpha value is -2.20. The molecule has 0 bridgehead atoms. The highest BCUT2D eigenvalue weighted by molar-refractivity contribution is 6.32. The molecule has 1 aliphatic heterocycles. The molecule has 0 radical (unpaired) electrons. The van der Waals surface area contributed by atoms with Crippen LogP contribution in [0.5, 0.6) is 17.2 Å². The molecule has 0 saturated heterocycles. The summed E-state index contributed by atoms with van der Waals surface area (Å²) in [5, 5.41) is 0.418. The van der Waals surface area contributed by atoms with E-state index < -0.39 is 0 Å². The topological polar surface area (TPSA) is 44.8 Å². The van der Waals surface area contributed by atoms with Gasteiger partial charge < -0.3 is 14.2 Å². The largest absolute Gasteiger partial charge is 0.486 e. The molecule has 22 heavy (non-hydrogen) atoms. The van der Waals surface area contributed by atoms with Crippen LogP contribution >= 0.6 is 11.6 Å². The second-order valence-electron chi connectivity index (χ2n) is 5.06. The Kier molecular flexibility index (Phi) is 4.20. The van der Waals surface area contributed by atoms with Crippen molar-refractivity contribution in [1.82, 2.24) is 0 Å². The monoisotopic (exact) mass is 318 g/mol. The lowest BCUT2D eigenvalue weighted by Crippen LogP contribution is -2.16. The average molecular weight is 319 g/mol. The van der Waals surface area contributed by atoms with E-state index in [1.54, 1.807) is 24.3 Å². The van der Waals surface area contributed by atoms with Gasteiger partial charge in [0.15, 0.2) is 11.5 Å². The standard InChI is InChI=1S/C17H15ClO4/c1-11-2-4-13(18)15(8-11)22-17(19)10-12-3-5-14-16(9-12)21-7-6-20-14/h2-5,8-9H,6-7,10H2,1H3. The lowest BCUT2D eigenvalue weighted by molar-refractivity contribution is -0.133. The van der Waals surface area contributed by atoms with Crippen molar-refractivity contribution in [3.8, 4) is 17.2 Å². The summed E-state index contributed by atoms with van der Waals surface area (Å²) in [6, 6.07) is 10.7. The Labute approximate surface area is 133 Å². The number of rotatable bonds is 3. The third-order valence-electron chi connectivity index (χ3n) is 3.27. The van der Waals surface area contributed by atoms with Crippen molar-refractivity contribution < 1.29 is 19.0 Å². The number of carbonyl (C=O) groups is 1. The lowest BCUT2D eigenvalue weighted by atomic mass is 10.1. The van der Waals surface area contributed by atoms with Crippen molar-refractivity contribution in [1.29, 1.82) is 0 Å². The summed E-state index contributed by atoms with van der Waals surface area (Å²) in [5.74, 6) is 1.36. The van der Waals surface area contributed by atoms with Crippen LogP contribution in [-0.4, -0.2) is 19.2 Å². The number of hydrogen-bond donors (Lipinski definition) is 0. The fourth-order valence-electron chi connectivity index (χ4n) is 2.21. The number of halogens is 1. The maximum absolute atomic E-state index is 12.1. The van der Waals surface area contributed by atoms with E-state index in [0.717, 1.165) is 11.1 Å². The van der Waals surface area contributed by atoms with Gasteiger partial charge in [0.25, 0.3) is 0 Å². The Balaban J connectivity index is 1.70. The molecule has 5 heteroatoms. The minimum absolute atomic E-state index is 0.140. The Morgan fingerprint density at radius 3 is 2.73 bits per heavy atom.